The number of furan rings is 1. The third-order valence-corrected chi connectivity index (χ3v) is 4.71. The van der Waals surface area contributed by atoms with Gasteiger partial charge in [0.05, 0.1) is 35.3 Å². The van der Waals surface area contributed by atoms with Gasteiger partial charge in [0.15, 0.2) is 0 Å². The largest absolute Gasteiger partial charge is 0.472 e. The number of hydrogen-bond acceptors (Lipinski definition) is 3. The predicted octanol–water partition coefficient (Wildman–Crippen LogP) is 6.24. The van der Waals surface area contributed by atoms with Crippen LogP contribution in [0, 0.1) is 6.92 Å². The summed E-state index contributed by atoms with van der Waals surface area (Å²) in [4.78, 5) is 16.0. The second-order valence-electron chi connectivity index (χ2n) is 7.21. The minimum atomic E-state index is 0. The maximum Gasteiger partial charge on any atom is 0.0931 e. The molecule has 8 bridgehead atoms. The van der Waals surface area contributed by atoms with Crippen molar-refractivity contribution in [3.05, 3.63) is 95.5 Å². The Kier molecular flexibility index (Phi) is 6.01. The first-order valence-electron chi connectivity index (χ1n) is 9.73. The van der Waals surface area contributed by atoms with Crippen LogP contribution >= 0.6 is 0 Å². The van der Waals surface area contributed by atoms with Crippen molar-refractivity contribution in [1.82, 2.24) is 19.9 Å². The molecule has 0 aromatic carbocycles. The molecular weight excluding hydrogens is 431 g/mol. The molecule has 0 aliphatic carbocycles. The van der Waals surface area contributed by atoms with Gasteiger partial charge in [-0.25, -0.2) is 9.97 Å². The van der Waals surface area contributed by atoms with Crippen molar-refractivity contribution in [3.8, 4) is 0 Å². The summed E-state index contributed by atoms with van der Waals surface area (Å²) >= 11 is 0. The molecule has 0 spiro atoms. The number of hydrogen-bond donors (Lipinski definition) is 2. The maximum atomic E-state index is 4.71. The Morgan fingerprint density at radius 2 is 1.00 bits per heavy atom. The average Bonchev–Trinajstić information content (AvgIpc) is 3.52. The second kappa shape index (κ2) is 9.03. The molecule has 6 rings (SSSR count). The molecule has 5 nitrogen and oxygen atoms in total. The molecule has 31 heavy (non-hydrogen) atoms. The Hall–Kier alpha value is -3.63. The summed E-state index contributed by atoms with van der Waals surface area (Å²) in [5.74, 6) is 0. The molecule has 0 radical (unpaired) electrons. The van der Waals surface area contributed by atoms with Gasteiger partial charge in [0.25, 0.3) is 0 Å². The molecular formula is C25H20N4NiO. The molecule has 156 valence electrons. The van der Waals surface area contributed by atoms with E-state index in [2.05, 4.69) is 44.2 Å². The zero-order valence-corrected chi connectivity index (χ0v) is 17.8. The molecule has 6 heterocycles. The zero-order chi connectivity index (χ0) is 20.3. The molecule has 2 aliphatic rings. The smallest absolute Gasteiger partial charge is 0.0931 e. The van der Waals surface area contributed by atoms with Gasteiger partial charge in [-0.1, -0.05) is 0 Å². The number of nitrogens with zero attached hydrogens (tertiary/aromatic N) is 2. The van der Waals surface area contributed by atoms with Crippen molar-refractivity contribution in [1.29, 1.82) is 0 Å². The molecule has 2 N–H and O–H groups in total. The van der Waals surface area contributed by atoms with E-state index in [1.165, 1.54) is 5.56 Å². The first kappa shape index (κ1) is 20.6. The van der Waals surface area contributed by atoms with Crippen LogP contribution in [-0.2, 0) is 16.5 Å². The Bertz CT molecular complexity index is 1230. The summed E-state index contributed by atoms with van der Waals surface area (Å²) in [6, 6.07) is 18.3. The van der Waals surface area contributed by atoms with Crippen LogP contribution in [0.4, 0.5) is 0 Å². The van der Waals surface area contributed by atoms with Crippen molar-refractivity contribution in [2.75, 3.05) is 0 Å². The van der Waals surface area contributed by atoms with Crippen LogP contribution in [0.5, 0.6) is 0 Å². The van der Waals surface area contributed by atoms with E-state index in [4.69, 9.17) is 4.42 Å². The Morgan fingerprint density at radius 1 is 0.613 bits per heavy atom. The van der Waals surface area contributed by atoms with Crippen molar-refractivity contribution >= 4 is 46.4 Å². The van der Waals surface area contributed by atoms with E-state index >= 15 is 0 Å². The van der Waals surface area contributed by atoms with Gasteiger partial charge in [0, 0.05) is 38.6 Å². The van der Waals surface area contributed by atoms with Gasteiger partial charge >= 0.3 is 0 Å². The van der Waals surface area contributed by atoms with Crippen LogP contribution in [-0.4, -0.2) is 19.9 Å². The summed E-state index contributed by atoms with van der Waals surface area (Å²) in [5, 5.41) is 0. The predicted molar refractivity (Wildman–Crippen MR) is 122 cm³/mol. The summed E-state index contributed by atoms with van der Waals surface area (Å²) in [7, 11) is 0. The minimum Gasteiger partial charge on any atom is -0.472 e. The molecule has 6 heteroatoms. The molecule has 0 saturated heterocycles. The van der Waals surface area contributed by atoms with E-state index in [1.807, 2.05) is 61.6 Å². The van der Waals surface area contributed by atoms with Crippen LogP contribution in [0.25, 0.3) is 46.4 Å². The van der Waals surface area contributed by atoms with Gasteiger partial charge in [-0.15, -0.1) is 0 Å². The van der Waals surface area contributed by atoms with E-state index in [0.717, 1.165) is 44.8 Å². The number of nitrogens with one attached hydrogen (secondary N) is 2. The third kappa shape index (κ3) is 5.11. The van der Waals surface area contributed by atoms with E-state index in [0.29, 0.717) is 0 Å². The Labute approximate surface area is 189 Å². The number of rotatable bonds is 0. The summed E-state index contributed by atoms with van der Waals surface area (Å²) in [6.45, 7) is 1.99. The van der Waals surface area contributed by atoms with Gasteiger partial charge in [-0.05, 0) is 91.4 Å². The number of fused-ring (bicyclic) bond motifs is 8. The molecule has 2 aliphatic heterocycles. The first-order valence-corrected chi connectivity index (χ1v) is 9.73. The fourth-order valence-corrected chi connectivity index (χ4v) is 3.28. The van der Waals surface area contributed by atoms with Gasteiger partial charge in [0.2, 0.25) is 0 Å². The standard InChI is InChI=1S/C20H14N4.C5H6O.Ni/c1-2-14-10-16-5-6-18(23-16)12-20-8-7-19(24-20)11-17-4-3-15(22-17)9-13(1)21-14;1-5-2-3-6-4-5;/h1-12,21,24H;2-4H,1H3;. The normalized spacial score (nSPS) is 11.5. The number of aromatic amines is 2. The monoisotopic (exact) mass is 450 g/mol. The molecule has 0 unspecified atom stereocenters. The molecule has 0 fully saturated rings. The van der Waals surface area contributed by atoms with E-state index in [-0.39, 0.29) is 16.5 Å². The average molecular weight is 451 g/mol. The van der Waals surface area contributed by atoms with Crippen LogP contribution in [0.15, 0.2) is 71.5 Å². The minimum absolute atomic E-state index is 0. The summed E-state index contributed by atoms with van der Waals surface area (Å²) < 4.78 is 4.71. The van der Waals surface area contributed by atoms with Crippen molar-refractivity contribution in [2.24, 2.45) is 0 Å². The van der Waals surface area contributed by atoms with Crippen LogP contribution < -0.4 is 0 Å². The fraction of sp³-hybridized carbons (Fsp3) is 0.0400. The first-order chi connectivity index (χ1) is 14.7. The fourth-order valence-electron chi connectivity index (χ4n) is 3.28. The quantitative estimate of drug-likeness (QED) is 0.269. The number of aryl methyl sites for hydroxylation is 1. The molecule has 0 amide bonds. The van der Waals surface area contributed by atoms with Gasteiger partial charge in [0.1, 0.15) is 0 Å². The SMILES string of the molecule is C1=Cc2cc3ccc(cc4nc(cc5ccc(cc1n2)[nH]5)C=C4)[nH]3.Cc1ccoc1.[Ni]. The molecule has 4 aromatic heterocycles. The van der Waals surface area contributed by atoms with Gasteiger partial charge in [-0.2, -0.15) is 0 Å². The third-order valence-electron chi connectivity index (χ3n) is 4.71. The van der Waals surface area contributed by atoms with E-state index < -0.39 is 0 Å². The summed E-state index contributed by atoms with van der Waals surface area (Å²) in [6.07, 6.45) is 11.5. The van der Waals surface area contributed by atoms with Crippen LogP contribution in [0.1, 0.15) is 28.3 Å². The number of H-pyrrole nitrogens is 2. The topological polar surface area (TPSA) is 70.5 Å². The van der Waals surface area contributed by atoms with Crippen molar-refractivity contribution in [3.63, 3.8) is 0 Å². The van der Waals surface area contributed by atoms with Crippen molar-refractivity contribution < 1.29 is 20.9 Å². The maximum absolute atomic E-state index is 4.71. The van der Waals surface area contributed by atoms with E-state index in [9.17, 15) is 0 Å². The molecule has 0 saturated carbocycles. The van der Waals surface area contributed by atoms with Crippen LogP contribution in [0.3, 0.4) is 0 Å². The van der Waals surface area contributed by atoms with Crippen LogP contribution in [0.2, 0.25) is 0 Å². The number of aromatic nitrogens is 4. The van der Waals surface area contributed by atoms with Crippen molar-refractivity contribution in [2.45, 2.75) is 6.92 Å². The Morgan fingerprint density at radius 3 is 1.26 bits per heavy atom. The van der Waals surface area contributed by atoms with Gasteiger partial charge in [-0.3, -0.25) is 0 Å². The second-order valence-corrected chi connectivity index (χ2v) is 7.21. The van der Waals surface area contributed by atoms with Gasteiger partial charge < -0.3 is 14.4 Å². The Balaban J connectivity index is 0.000000288. The zero-order valence-electron chi connectivity index (χ0n) is 16.8. The molecule has 4 aromatic rings. The molecule has 0 atom stereocenters. The summed E-state index contributed by atoms with van der Waals surface area (Å²) in [5.41, 5.74) is 9.04. The van der Waals surface area contributed by atoms with E-state index in [1.54, 1.807) is 12.5 Å².